The highest BCUT2D eigenvalue weighted by Gasteiger charge is 2.39. The molecule has 0 aliphatic heterocycles. The van der Waals surface area contributed by atoms with Gasteiger partial charge in [0.25, 0.3) is 0 Å². The van der Waals surface area contributed by atoms with Crippen LogP contribution >= 0.6 is 0 Å². The molecule has 1 aromatic carbocycles. The van der Waals surface area contributed by atoms with Gasteiger partial charge in [0.15, 0.2) is 0 Å². The molecule has 0 saturated heterocycles. The highest BCUT2D eigenvalue weighted by Crippen LogP contribution is 2.38. The molecule has 3 nitrogen and oxygen atoms in total. The maximum atomic E-state index is 11.8. The van der Waals surface area contributed by atoms with Crippen molar-refractivity contribution in [2.45, 2.75) is 56.3 Å². The van der Waals surface area contributed by atoms with Crippen LogP contribution in [0.5, 0.6) is 0 Å². The highest BCUT2D eigenvalue weighted by atomic mass is 32.2. The van der Waals surface area contributed by atoms with Crippen LogP contribution in [-0.2, 0) is 15.3 Å². The molecule has 1 aromatic rings. The zero-order valence-electron chi connectivity index (χ0n) is 13.1. The van der Waals surface area contributed by atoms with Gasteiger partial charge in [-0.3, -0.25) is 0 Å². The van der Waals surface area contributed by atoms with Gasteiger partial charge in [0.05, 0.1) is 11.4 Å². The molecule has 1 fully saturated rings. The lowest BCUT2D eigenvalue weighted by Gasteiger charge is -2.39. The minimum Gasteiger partial charge on any atom is -0.392 e. The SMILES string of the molecule is CC(C)(c1ccccc1)C(O)C1CCCC(S(C)(=O)=O)C1. The first-order valence-electron chi connectivity index (χ1n) is 7.65. The van der Waals surface area contributed by atoms with Crippen molar-refractivity contribution < 1.29 is 13.5 Å². The number of benzene rings is 1. The quantitative estimate of drug-likeness (QED) is 0.930. The maximum absolute atomic E-state index is 11.8. The molecular weight excluding hydrogens is 284 g/mol. The fraction of sp³-hybridized carbons (Fsp3) is 0.647. The topological polar surface area (TPSA) is 54.4 Å². The second-order valence-electron chi connectivity index (χ2n) is 6.91. The smallest absolute Gasteiger partial charge is 0.150 e. The van der Waals surface area contributed by atoms with Crippen LogP contribution in [0.1, 0.15) is 45.1 Å². The van der Waals surface area contributed by atoms with Gasteiger partial charge in [0, 0.05) is 11.7 Å². The fourth-order valence-corrected chi connectivity index (χ4v) is 4.68. The second kappa shape index (κ2) is 6.09. The molecular formula is C17H26O3S. The van der Waals surface area contributed by atoms with E-state index in [1.165, 1.54) is 6.26 Å². The van der Waals surface area contributed by atoms with Crippen LogP contribution in [0, 0.1) is 5.92 Å². The van der Waals surface area contributed by atoms with E-state index in [9.17, 15) is 13.5 Å². The monoisotopic (exact) mass is 310 g/mol. The van der Waals surface area contributed by atoms with Gasteiger partial charge < -0.3 is 5.11 Å². The van der Waals surface area contributed by atoms with Crippen molar-refractivity contribution in [3.8, 4) is 0 Å². The van der Waals surface area contributed by atoms with Crippen molar-refractivity contribution in [1.82, 2.24) is 0 Å². The summed E-state index contributed by atoms with van der Waals surface area (Å²) in [7, 11) is -3.01. The van der Waals surface area contributed by atoms with Crippen molar-refractivity contribution in [3.05, 3.63) is 35.9 Å². The Morgan fingerprint density at radius 1 is 1.19 bits per heavy atom. The van der Waals surface area contributed by atoms with Gasteiger partial charge in [0.1, 0.15) is 9.84 Å². The third-order valence-electron chi connectivity index (χ3n) is 4.98. The Labute approximate surface area is 128 Å². The lowest BCUT2D eigenvalue weighted by molar-refractivity contribution is 0.0276. The predicted octanol–water partition coefficient (Wildman–Crippen LogP) is 2.93. The minimum atomic E-state index is -3.01. The van der Waals surface area contributed by atoms with E-state index in [0.717, 1.165) is 24.8 Å². The third kappa shape index (κ3) is 3.67. The zero-order chi connectivity index (χ0) is 15.7. The third-order valence-corrected chi connectivity index (χ3v) is 6.62. The lowest BCUT2D eigenvalue weighted by Crippen LogP contribution is -2.43. The Morgan fingerprint density at radius 3 is 2.38 bits per heavy atom. The molecule has 1 N–H and O–H groups in total. The van der Waals surface area contributed by atoms with Crippen molar-refractivity contribution in [3.63, 3.8) is 0 Å². The number of rotatable bonds is 4. The van der Waals surface area contributed by atoms with E-state index in [0.29, 0.717) is 6.42 Å². The molecule has 0 radical (unpaired) electrons. The molecule has 0 heterocycles. The van der Waals surface area contributed by atoms with Crippen molar-refractivity contribution in [2.75, 3.05) is 6.26 Å². The first kappa shape index (κ1) is 16.5. The van der Waals surface area contributed by atoms with Crippen molar-refractivity contribution in [1.29, 1.82) is 0 Å². The molecule has 0 aromatic heterocycles. The van der Waals surface area contributed by atoms with Crippen molar-refractivity contribution in [2.24, 2.45) is 5.92 Å². The molecule has 118 valence electrons. The summed E-state index contributed by atoms with van der Waals surface area (Å²) in [5.41, 5.74) is 0.727. The lowest BCUT2D eigenvalue weighted by atomic mass is 9.70. The molecule has 3 unspecified atom stereocenters. The van der Waals surface area contributed by atoms with Crippen molar-refractivity contribution >= 4 is 9.84 Å². The summed E-state index contributed by atoms with van der Waals surface area (Å²) in [5.74, 6) is 0.0497. The summed E-state index contributed by atoms with van der Waals surface area (Å²) < 4.78 is 23.6. The van der Waals surface area contributed by atoms with Crippen LogP contribution < -0.4 is 0 Å². The van der Waals surface area contributed by atoms with Crippen LogP contribution in [0.15, 0.2) is 30.3 Å². The van der Waals surface area contributed by atoms with E-state index >= 15 is 0 Å². The minimum absolute atomic E-state index is 0.0497. The Kier molecular flexibility index (Phi) is 4.79. The summed E-state index contributed by atoms with van der Waals surface area (Å²) >= 11 is 0. The van der Waals surface area contributed by atoms with Crippen LogP contribution in [-0.4, -0.2) is 31.1 Å². The van der Waals surface area contributed by atoms with E-state index in [4.69, 9.17) is 0 Å². The van der Waals surface area contributed by atoms with Gasteiger partial charge in [-0.1, -0.05) is 50.6 Å². The Balaban J connectivity index is 2.17. The van der Waals surface area contributed by atoms with E-state index in [1.54, 1.807) is 0 Å². The fourth-order valence-electron chi connectivity index (χ4n) is 3.48. The molecule has 0 bridgehead atoms. The first-order valence-corrected chi connectivity index (χ1v) is 9.61. The molecule has 1 aliphatic carbocycles. The maximum Gasteiger partial charge on any atom is 0.150 e. The number of hydrogen-bond donors (Lipinski definition) is 1. The van der Waals surface area contributed by atoms with E-state index in [-0.39, 0.29) is 16.6 Å². The van der Waals surface area contributed by atoms with E-state index in [1.807, 2.05) is 44.2 Å². The highest BCUT2D eigenvalue weighted by molar-refractivity contribution is 7.91. The summed E-state index contributed by atoms with van der Waals surface area (Å²) in [5, 5.41) is 10.5. The van der Waals surface area contributed by atoms with Gasteiger partial charge in [-0.15, -0.1) is 0 Å². The molecule has 0 amide bonds. The Morgan fingerprint density at radius 2 is 1.81 bits per heavy atom. The van der Waals surface area contributed by atoms with Gasteiger partial charge in [-0.2, -0.15) is 0 Å². The van der Waals surface area contributed by atoms with E-state index in [2.05, 4.69) is 0 Å². The Bertz CT molecular complexity index is 563. The van der Waals surface area contributed by atoms with Crippen LogP contribution in [0.4, 0.5) is 0 Å². The van der Waals surface area contributed by atoms with Gasteiger partial charge in [0.2, 0.25) is 0 Å². The number of hydrogen-bond acceptors (Lipinski definition) is 3. The molecule has 3 atom stereocenters. The molecule has 4 heteroatoms. The standard InChI is InChI=1S/C17H26O3S/c1-17(2,14-9-5-4-6-10-14)16(18)13-8-7-11-15(12-13)21(3,19)20/h4-6,9-10,13,15-16,18H,7-8,11-12H2,1-3H3. The normalized spacial score (nSPS) is 25.5. The summed E-state index contributed by atoms with van der Waals surface area (Å²) in [6.07, 6.45) is 3.89. The van der Waals surface area contributed by atoms with Crippen LogP contribution in [0.2, 0.25) is 0 Å². The summed E-state index contributed by atoms with van der Waals surface area (Å²) in [6.45, 7) is 4.08. The first-order chi connectivity index (χ1) is 9.73. The van der Waals surface area contributed by atoms with Gasteiger partial charge in [-0.25, -0.2) is 8.42 Å². The molecule has 0 spiro atoms. The number of aliphatic hydroxyl groups excluding tert-OH is 1. The van der Waals surface area contributed by atoms with E-state index < -0.39 is 15.9 Å². The largest absolute Gasteiger partial charge is 0.392 e. The molecule has 1 saturated carbocycles. The second-order valence-corrected chi connectivity index (χ2v) is 9.24. The average Bonchev–Trinajstić information content (AvgIpc) is 2.46. The van der Waals surface area contributed by atoms with Gasteiger partial charge >= 0.3 is 0 Å². The summed E-state index contributed by atoms with van der Waals surface area (Å²) in [6, 6.07) is 9.97. The molecule has 1 aliphatic rings. The Hall–Kier alpha value is -0.870. The molecule has 2 rings (SSSR count). The molecule has 21 heavy (non-hydrogen) atoms. The average molecular weight is 310 g/mol. The summed E-state index contributed by atoms with van der Waals surface area (Å²) in [4.78, 5) is 0. The van der Waals surface area contributed by atoms with Crippen LogP contribution in [0.3, 0.4) is 0 Å². The predicted molar refractivity (Wildman–Crippen MR) is 86.1 cm³/mol. The number of aliphatic hydroxyl groups is 1. The number of sulfone groups is 1. The van der Waals surface area contributed by atoms with Gasteiger partial charge in [-0.05, 0) is 30.7 Å². The zero-order valence-corrected chi connectivity index (χ0v) is 13.9. The van der Waals surface area contributed by atoms with Crippen LogP contribution in [0.25, 0.3) is 0 Å².